The molecule has 0 unspecified atom stereocenters. The van der Waals surface area contributed by atoms with Gasteiger partial charge >= 0.3 is 0 Å². The molecule has 0 saturated heterocycles. The fourth-order valence-electron chi connectivity index (χ4n) is 1.90. The van der Waals surface area contributed by atoms with Gasteiger partial charge in [0.05, 0.1) is 25.6 Å². The number of nitrogen functional groups attached to an aromatic ring is 1. The summed E-state index contributed by atoms with van der Waals surface area (Å²) in [5.41, 5.74) is 6.91. The molecule has 0 fully saturated rings. The number of carbonyl (C=O) groups excluding carboxylic acids is 1. The zero-order valence-electron chi connectivity index (χ0n) is 11.9. The topological polar surface area (TPSA) is 73.6 Å². The maximum atomic E-state index is 12.0. The Labute approximate surface area is 114 Å². The van der Waals surface area contributed by atoms with Crippen molar-refractivity contribution in [2.45, 2.75) is 26.7 Å². The van der Waals surface area contributed by atoms with Crippen LogP contribution in [0.4, 0.5) is 11.4 Å². The fraction of sp³-hybridized carbons (Fsp3) is 0.500. The van der Waals surface area contributed by atoms with Gasteiger partial charge in [0, 0.05) is 18.1 Å². The maximum Gasteiger partial charge on any atom is 0.227 e. The largest absolute Gasteiger partial charge is 0.493 e. The predicted molar refractivity (Wildman–Crippen MR) is 76.7 cm³/mol. The fourth-order valence-corrected chi connectivity index (χ4v) is 1.90. The summed E-state index contributed by atoms with van der Waals surface area (Å²) in [6, 6.07) is 3.32. The second kappa shape index (κ2) is 6.87. The minimum absolute atomic E-state index is 0.00695. The van der Waals surface area contributed by atoms with Crippen LogP contribution in [0, 0.1) is 5.92 Å². The normalized spacial score (nSPS) is 10.4. The van der Waals surface area contributed by atoms with E-state index in [9.17, 15) is 4.79 Å². The Hall–Kier alpha value is -1.91. The highest BCUT2D eigenvalue weighted by Crippen LogP contribution is 2.35. The molecule has 0 aromatic heterocycles. The molecule has 0 heterocycles. The van der Waals surface area contributed by atoms with E-state index in [-0.39, 0.29) is 11.8 Å². The molecule has 1 rings (SSSR count). The zero-order chi connectivity index (χ0) is 14.4. The summed E-state index contributed by atoms with van der Waals surface area (Å²) >= 11 is 0. The molecule has 0 aliphatic carbocycles. The quantitative estimate of drug-likeness (QED) is 0.776. The Bertz CT molecular complexity index is 443. The van der Waals surface area contributed by atoms with Gasteiger partial charge in [-0.15, -0.1) is 0 Å². The highest BCUT2D eigenvalue weighted by molar-refractivity contribution is 5.96. The van der Waals surface area contributed by atoms with Gasteiger partial charge in [0.1, 0.15) is 0 Å². The van der Waals surface area contributed by atoms with Crippen molar-refractivity contribution >= 4 is 17.3 Å². The van der Waals surface area contributed by atoms with Crippen molar-refractivity contribution in [3.63, 3.8) is 0 Å². The van der Waals surface area contributed by atoms with E-state index in [2.05, 4.69) is 5.32 Å². The second-order valence-electron chi connectivity index (χ2n) is 4.30. The summed E-state index contributed by atoms with van der Waals surface area (Å²) in [6.07, 6.45) is 1.60. The van der Waals surface area contributed by atoms with Gasteiger partial charge in [-0.3, -0.25) is 4.79 Å². The van der Waals surface area contributed by atoms with Crippen LogP contribution in [0.3, 0.4) is 0 Å². The van der Waals surface area contributed by atoms with Gasteiger partial charge in [-0.25, -0.2) is 0 Å². The van der Waals surface area contributed by atoms with E-state index >= 15 is 0 Å². The van der Waals surface area contributed by atoms with Crippen LogP contribution in [0.1, 0.15) is 26.7 Å². The van der Waals surface area contributed by atoms with Gasteiger partial charge in [-0.2, -0.15) is 0 Å². The number of ether oxygens (including phenoxy) is 2. The van der Waals surface area contributed by atoms with Gasteiger partial charge in [0.15, 0.2) is 11.5 Å². The number of rotatable bonds is 6. The number of hydrogen-bond donors (Lipinski definition) is 2. The molecule has 0 atom stereocenters. The number of methoxy groups -OCH3 is 2. The molecule has 19 heavy (non-hydrogen) atoms. The average Bonchev–Trinajstić information content (AvgIpc) is 2.41. The van der Waals surface area contributed by atoms with E-state index in [0.29, 0.717) is 22.9 Å². The van der Waals surface area contributed by atoms with Crippen molar-refractivity contribution in [2.75, 3.05) is 25.3 Å². The summed E-state index contributed by atoms with van der Waals surface area (Å²) in [7, 11) is 3.08. The Morgan fingerprint density at radius 1 is 1.21 bits per heavy atom. The molecule has 106 valence electrons. The Balaban J connectivity index is 2.98. The standard InChI is InChI=1S/C14H22N2O3/c1-5-9(6-2)14(17)16-11-8-13(19-4)12(18-3)7-10(11)15/h7-9H,5-6,15H2,1-4H3,(H,16,17). The third kappa shape index (κ3) is 3.53. The molecule has 0 bridgehead atoms. The van der Waals surface area contributed by atoms with Crippen molar-refractivity contribution in [1.29, 1.82) is 0 Å². The van der Waals surface area contributed by atoms with Crippen LogP contribution in [0.25, 0.3) is 0 Å². The summed E-state index contributed by atoms with van der Waals surface area (Å²) in [4.78, 5) is 12.0. The number of amides is 1. The molecule has 0 aliphatic heterocycles. The van der Waals surface area contributed by atoms with Gasteiger partial charge in [-0.1, -0.05) is 13.8 Å². The third-order valence-electron chi connectivity index (χ3n) is 3.17. The number of nitrogens with two attached hydrogens (primary N) is 1. The number of benzene rings is 1. The number of nitrogens with one attached hydrogen (secondary N) is 1. The van der Waals surface area contributed by atoms with E-state index in [4.69, 9.17) is 15.2 Å². The minimum Gasteiger partial charge on any atom is -0.493 e. The lowest BCUT2D eigenvalue weighted by atomic mass is 10.0. The molecule has 1 amide bonds. The van der Waals surface area contributed by atoms with Crippen molar-refractivity contribution in [1.82, 2.24) is 0 Å². The van der Waals surface area contributed by atoms with Crippen molar-refractivity contribution in [3.05, 3.63) is 12.1 Å². The summed E-state index contributed by atoms with van der Waals surface area (Å²) in [5.74, 6) is 1.05. The van der Waals surface area contributed by atoms with E-state index in [0.717, 1.165) is 12.8 Å². The first-order valence-electron chi connectivity index (χ1n) is 6.39. The molecular weight excluding hydrogens is 244 g/mol. The molecule has 0 spiro atoms. The average molecular weight is 266 g/mol. The molecule has 0 radical (unpaired) electrons. The summed E-state index contributed by atoms with van der Waals surface area (Å²) in [5, 5.41) is 2.84. The van der Waals surface area contributed by atoms with Crippen LogP contribution in [0.5, 0.6) is 11.5 Å². The Morgan fingerprint density at radius 2 is 1.74 bits per heavy atom. The first kappa shape index (κ1) is 15.1. The Kier molecular flexibility index (Phi) is 5.48. The first-order valence-corrected chi connectivity index (χ1v) is 6.39. The Morgan fingerprint density at radius 3 is 2.21 bits per heavy atom. The van der Waals surface area contributed by atoms with Gasteiger partial charge in [0.2, 0.25) is 5.91 Å². The first-order chi connectivity index (χ1) is 9.07. The maximum absolute atomic E-state index is 12.0. The SMILES string of the molecule is CCC(CC)C(=O)Nc1cc(OC)c(OC)cc1N. The van der Waals surface area contributed by atoms with Crippen LogP contribution < -0.4 is 20.5 Å². The number of carbonyl (C=O) groups is 1. The molecule has 0 saturated carbocycles. The predicted octanol–water partition coefficient (Wildman–Crippen LogP) is 2.66. The summed E-state index contributed by atoms with van der Waals surface area (Å²) in [6.45, 7) is 3.98. The number of hydrogen-bond acceptors (Lipinski definition) is 4. The van der Waals surface area contributed by atoms with Gasteiger partial charge in [0.25, 0.3) is 0 Å². The molecule has 5 nitrogen and oxygen atoms in total. The molecule has 0 aliphatic rings. The van der Waals surface area contributed by atoms with Crippen LogP contribution in [-0.4, -0.2) is 20.1 Å². The second-order valence-corrected chi connectivity index (χ2v) is 4.30. The lowest BCUT2D eigenvalue weighted by molar-refractivity contribution is -0.120. The van der Waals surface area contributed by atoms with E-state index in [1.165, 1.54) is 0 Å². The highest BCUT2D eigenvalue weighted by atomic mass is 16.5. The van der Waals surface area contributed by atoms with E-state index < -0.39 is 0 Å². The summed E-state index contributed by atoms with van der Waals surface area (Å²) < 4.78 is 10.3. The minimum atomic E-state index is -0.0241. The van der Waals surface area contributed by atoms with Crippen molar-refractivity contribution < 1.29 is 14.3 Å². The van der Waals surface area contributed by atoms with Crippen LogP contribution >= 0.6 is 0 Å². The van der Waals surface area contributed by atoms with E-state index in [1.54, 1.807) is 26.4 Å². The van der Waals surface area contributed by atoms with E-state index in [1.807, 2.05) is 13.8 Å². The number of anilines is 2. The lowest BCUT2D eigenvalue weighted by Gasteiger charge is -2.16. The van der Waals surface area contributed by atoms with Crippen molar-refractivity contribution in [3.8, 4) is 11.5 Å². The van der Waals surface area contributed by atoms with Gasteiger partial charge < -0.3 is 20.5 Å². The van der Waals surface area contributed by atoms with Crippen LogP contribution in [0.2, 0.25) is 0 Å². The monoisotopic (exact) mass is 266 g/mol. The molecule has 5 heteroatoms. The third-order valence-corrected chi connectivity index (χ3v) is 3.17. The molecule has 1 aromatic rings. The molecular formula is C14H22N2O3. The highest BCUT2D eigenvalue weighted by Gasteiger charge is 2.17. The molecule has 1 aromatic carbocycles. The van der Waals surface area contributed by atoms with Crippen LogP contribution in [0.15, 0.2) is 12.1 Å². The lowest BCUT2D eigenvalue weighted by Crippen LogP contribution is -2.22. The van der Waals surface area contributed by atoms with Crippen molar-refractivity contribution in [2.24, 2.45) is 5.92 Å². The van der Waals surface area contributed by atoms with Crippen LogP contribution in [-0.2, 0) is 4.79 Å². The smallest absolute Gasteiger partial charge is 0.227 e. The van der Waals surface area contributed by atoms with Gasteiger partial charge in [-0.05, 0) is 12.8 Å². The molecule has 3 N–H and O–H groups in total. The zero-order valence-corrected chi connectivity index (χ0v) is 11.9.